The van der Waals surface area contributed by atoms with E-state index in [1.165, 1.54) is 6.42 Å². The van der Waals surface area contributed by atoms with E-state index in [2.05, 4.69) is 22.2 Å². The van der Waals surface area contributed by atoms with Crippen LogP contribution in [0.15, 0.2) is 12.4 Å². The van der Waals surface area contributed by atoms with Crippen LogP contribution in [0.1, 0.15) is 13.3 Å². The maximum atomic E-state index is 5.61. The van der Waals surface area contributed by atoms with E-state index < -0.39 is 0 Å². The van der Waals surface area contributed by atoms with Crippen LogP contribution < -0.4 is 11.1 Å². The Kier molecular flexibility index (Phi) is 1.60. The Labute approximate surface area is 71.2 Å². The highest BCUT2D eigenvalue weighted by Gasteiger charge is 2.33. The monoisotopic (exact) mass is 164 g/mol. The SMILES string of the molecule is CC1CC1Nc1nccnc1N. The average molecular weight is 164 g/mol. The number of hydrogen-bond donors (Lipinski definition) is 2. The van der Waals surface area contributed by atoms with E-state index in [0.717, 1.165) is 5.92 Å². The molecular formula is C8H12N4. The van der Waals surface area contributed by atoms with Gasteiger partial charge in [0.15, 0.2) is 11.6 Å². The van der Waals surface area contributed by atoms with Crippen LogP contribution in [0.4, 0.5) is 11.6 Å². The summed E-state index contributed by atoms with van der Waals surface area (Å²) in [6.45, 7) is 2.20. The second kappa shape index (κ2) is 2.62. The fraction of sp³-hybridized carbons (Fsp3) is 0.500. The Morgan fingerprint density at radius 3 is 2.75 bits per heavy atom. The van der Waals surface area contributed by atoms with Crippen molar-refractivity contribution in [3.8, 4) is 0 Å². The van der Waals surface area contributed by atoms with Gasteiger partial charge < -0.3 is 11.1 Å². The van der Waals surface area contributed by atoms with E-state index in [4.69, 9.17) is 5.73 Å². The summed E-state index contributed by atoms with van der Waals surface area (Å²) in [4.78, 5) is 8.03. The summed E-state index contributed by atoms with van der Waals surface area (Å²) >= 11 is 0. The molecule has 1 fully saturated rings. The Morgan fingerprint density at radius 2 is 2.17 bits per heavy atom. The third-order valence-electron chi connectivity index (χ3n) is 2.16. The van der Waals surface area contributed by atoms with Gasteiger partial charge in [0.2, 0.25) is 0 Å². The number of hydrogen-bond acceptors (Lipinski definition) is 4. The van der Waals surface area contributed by atoms with Gasteiger partial charge in [-0.2, -0.15) is 0 Å². The van der Waals surface area contributed by atoms with Crippen molar-refractivity contribution < 1.29 is 0 Å². The predicted octanol–water partition coefficient (Wildman–Crippen LogP) is 0.879. The van der Waals surface area contributed by atoms with Crippen molar-refractivity contribution in [2.24, 2.45) is 5.92 Å². The first-order valence-corrected chi connectivity index (χ1v) is 4.10. The lowest BCUT2D eigenvalue weighted by atomic mass is 10.4. The molecule has 2 atom stereocenters. The normalized spacial score (nSPS) is 26.8. The molecule has 64 valence electrons. The molecule has 1 saturated carbocycles. The summed E-state index contributed by atoms with van der Waals surface area (Å²) < 4.78 is 0. The topological polar surface area (TPSA) is 63.8 Å². The van der Waals surface area contributed by atoms with Crippen LogP contribution in [-0.2, 0) is 0 Å². The standard InChI is InChI=1S/C8H12N4/c1-5-4-6(5)12-8-7(9)10-2-3-11-8/h2-3,5-6H,4H2,1H3,(H2,9,10)(H,11,12). The third kappa shape index (κ3) is 1.32. The molecule has 1 heterocycles. The first-order valence-electron chi connectivity index (χ1n) is 4.10. The minimum Gasteiger partial charge on any atom is -0.381 e. The molecule has 1 aromatic rings. The molecule has 4 heteroatoms. The summed E-state index contributed by atoms with van der Waals surface area (Å²) in [5.74, 6) is 1.94. The molecule has 12 heavy (non-hydrogen) atoms. The van der Waals surface area contributed by atoms with E-state index >= 15 is 0 Å². The van der Waals surface area contributed by atoms with E-state index in [-0.39, 0.29) is 0 Å². The second-order valence-electron chi connectivity index (χ2n) is 3.25. The molecule has 2 unspecified atom stereocenters. The van der Waals surface area contributed by atoms with Crippen molar-refractivity contribution in [2.45, 2.75) is 19.4 Å². The molecule has 4 nitrogen and oxygen atoms in total. The van der Waals surface area contributed by atoms with Crippen LogP contribution in [0.2, 0.25) is 0 Å². The number of nitrogens with zero attached hydrogens (tertiary/aromatic N) is 2. The molecule has 0 spiro atoms. The number of nitrogen functional groups attached to an aromatic ring is 1. The second-order valence-corrected chi connectivity index (χ2v) is 3.25. The fourth-order valence-corrected chi connectivity index (χ4v) is 1.16. The van der Waals surface area contributed by atoms with Crippen molar-refractivity contribution in [3.63, 3.8) is 0 Å². The molecule has 0 aromatic carbocycles. The highest BCUT2D eigenvalue weighted by molar-refractivity contribution is 5.56. The Bertz CT molecular complexity index is 286. The minimum absolute atomic E-state index is 0.483. The first kappa shape index (κ1) is 7.34. The van der Waals surface area contributed by atoms with Crippen molar-refractivity contribution >= 4 is 11.6 Å². The van der Waals surface area contributed by atoms with Gasteiger partial charge in [-0.05, 0) is 12.3 Å². The van der Waals surface area contributed by atoms with Crippen molar-refractivity contribution in [2.75, 3.05) is 11.1 Å². The first-order chi connectivity index (χ1) is 5.77. The van der Waals surface area contributed by atoms with Gasteiger partial charge in [0.1, 0.15) is 0 Å². The summed E-state index contributed by atoms with van der Waals surface area (Å²) in [6, 6.07) is 0.545. The van der Waals surface area contributed by atoms with Gasteiger partial charge >= 0.3 is 0 Å². The zero-order chi connectivity index (χ0) is 8.55. The van der Waals surface area contributed by atoms with Crippen molar-refractivity contribution in [3.05, 3.63) is 12.4 Å². The van der Waals surface area contributed by atoms with Gasteiger partial charge in [-0.3, -0.25) is 0 Å². The Balaban J connectivity index is 2.08. The fourth-order valence-electron chi connectivity index (χ4n) is 1.16. The molecule has 3 N–H and O–H groups in total. The third-order valence-corrected chi connectivity index (χ3v) is 2.16. The lowest BCUT2D eigenvalue weighted by Gasteiger charge is -2.04. The van der Waals surface area contributed by atoms with Crippen LogP contribution in [0.5, 0.6) is 0 Å². The van der Waals surface area contributed by atoms with Gasteiger partial charge in [0.05, 0.1) is 0 Å². The van der Waals surface area contributed by atoms with E-state index in [1.54, 1.807) is 12.4 Å². The Hall–Kier alpha value is -1.32. The summed E-state index contributed by atoms with van der Waals surface area (Å²) in [6.07, 6.45) is 4.44. The van der Waals surface area contributed by atoms with Crippen molar-refractivity contribution in [1.29, 1.82) is 0 Å². The van der Waals surface area contributed by atoms with Gasteiger partial charge in [-0.25, -0.2) is 9.97 Å². The van der Waals surface area contributed by atoms with Gasteiger partial charge in [0, 0.05) is 18.4 Å². The number of anilines is 2. The summed E-state index contributed by atoms with van der Waals surface area (Å²) in [5.41, 5.74) is 5.61. The van der Waals surface area contributed by atoms with Crippen LogP contribution in [0.25, 0.3) is 0 Å². The highest BCUT2D eigenvalue weighted by Crippen LogP contribution is 2.32. The molecule has 0 aliphatic heterocycles. The molecule has 0 radical (unpaired) electrons. The molecule has 0 bridgehead atoms. The van der Waals surface area contributed by atoms with E-state index in [0.29, 0.717) is 17.7 Å². The summed E-state index contributed by atoms with van der Waals surface area (Å²) in [7, 11) is 0. The highest BCUT2D eigenvalue weighted by atomic mass is 15.1. The van der Waals surface area contributed by atoms with E-state index in [1.807, 2.05) is 0 Å². The largest absolute Gasteiger partial charge is 0.381 e. The molecule has 0 amide bonds. The molecule has 1 aromatic heterocycles. The van der Waals surface area contributed by atoms with E-state index in [9.17, 15) is 0 Å². The van der Waals surface area contributed by atoms with Crippen LogP contribution in [-0.4, -0.2) is 16.0 Å². The van der Waals surface area contributed by atoms with Gasteiger partial charge in [0.25, 0.3) is 0 Å². The average Bonchev–Trinajstić information content (AvgIpc) is 2.72. The smallest absolute Gasteiger partial charge is 0.169 e. The van der Waals surface area contributed by atoms with Gasteiger partial charge in [-0.1, -0.05) is 6.92 Å². The lowest BCUT2D eigenvalue weighted by molar-refractivity contribution is 0.922. The van der Waals surface area contributed by atoms with Crippen molar-refractivity contribution in [1.82, 2.24) is 9.97 Å². The molecule has 1 aliphatic rings. The number of nitrogens with two attached hydrogens (primary N) is 1. The number of aromatic nitrogens is 2. The van der Waals surface area contributed by atoms with Gasteiger partial charge in [-0.15, -0.1) is 0 Å². The molecule has 0 saturated heterocycles. The molecule has 2 rings (SSSR count). The zero-order valence-corrected chi connectivity index (χ0v) is 6.99. The number of nitrogens with one attached hydrogen (secondary N) is 1. The molecule has 1 aliphatic carbocycles. The maximum absolute atomic E-state index is 5.61. The zero-order valence-electron chi connectivity index (χ0n) is 6.99. The predicted molar refractivity (Wildman–Crippen MR) is 47.6 cm³/mol. The summed E-state index contributed by atoms with van der Waals surface area (Å²) in [5, 5.41) is 3.24. The lowest BCUT2D eigenvalue weighted by Crippen LogP contribution is -2.08. The maximum Gasteiger partial charge on any atom is 0.169 e. The number of rotatable bonds is 2. The quantitative estimate of drug-likeness (QED) is 0.681. The minimum atomic E-state index is 0.483. The van der Waals surface area contributed by atoms with Crippen LogP contribution in [0.3, 0.4) is 0 Å². The van der Waals surface area contributed by atoms with Crippen LogP contribution >= 0.6 is 0 Å². The van der Waals surface area contributed by atoms with Crippen LogP contribution in [0, 0.1) is 5.92 Å². The Morgan fingerprint density at radius 1 is 1.50 bits per heavy atom. The molecular weight excluding hydrogens is 152 g/mol.